The van der Waals surface area contributed by atoms with Crippen LogP contribution >= 0.6 is 0 Å². The van der Waals surface area contributed by atoms with Crippen molar-refractivity contribution in [3.05, 3.63) is 72.8 Å². The molecule has 0 atom stereocenters. The second kappa shape index (κ2) is 42.9. The molecule has 0 spiro atoms. The summed E-state index contributed by atoms with van der Waals surface area (Å²) in [5, 5.41) is 2.75. The lowest BCUT2D eigenvalue weighted by Crippen LogP contribution is -1.89. The Morgan fingerprint density at radius 2 is 0.476 bits per heavy atom. The predicted molar refractivity (Wildman–Crippen MR) is 101 cm³/mol. The van der Waals surface area contributed by atoms with Crippen LogP contribution in [-0.2, 0) is 0 Å². The van der Waals surface area contributed by atoms with Crippen molar-refractivity contribution in [1.82, 2.24) is 5.32 Å². The summed E-state index contributed by atoms with van der Waals surface area (Å²) in [5.74, 6) is 0. The van der Waals surface area contributed by atoms with Crippen molar-refractivity contribution in [3.63, 3.8) is 0 Å². The Hall–Kier alpha value is -1.64. The number of nitrogens with one attached hydrogen (secondary N) is 1. The molecule has 2 heteroatoms. The molecule has 0 aliphatic heterocycles. The summed E-state index contributed by atoms with van der Waals surface area (Å²) in [6.45, 7) is 8.00. The zero-order valence-electron chi connectivity index (χ0n) is 15.0. The third-order valence-electron chi connectivity index (χ3n) is 1.33. The molecule has 2 aromatic carbocycles. The smallest absolute Gasteiger partial charge is 0.0167 e. The lowest BCUT2D eigenvalue weighted by Gasteiger charge is -1.69. The summed E-state index contributed by atoms with van der Waals surface area (Å²) < 4.78 is 0. The van der Waals surface area contributed by atoms with Crippen molar-refractivity contribution in [1.29, 1.82) is 0 Å². The van der Waals surface area contributed by atoms with Crippen molar-refractivity contribution >= 4 is 0 Å². The van der Waals surface area contributed by atoms with Gasteiger partial charge in [-0.1, -0.05) is 100 Å². The van der Waals surface area contributed by atoms with Crippen LogP contribution in [-0.4, -0.2) is 21.1 Å². The van der Waals surface area contributed by atoms with Crippen LogP contribution in [0, 0.1) is 0 Å². The van der Waals surface area contributed by atoms with Crippen LogP contribution in [0.4, 0.5) is 0 Å². The van der Waals surface area contributed by atoms with Crippen molar-refractivity contribution in [3.8, 4) is 0 Å². The quantitative estimate of drug-likeness (QED) is 0.729. The second-order valence-electron chi connectivity index (χ2n) is 2.81. The highest BCUT2D eigenvalue weighted by molar-refractivity contribution is 4.99. The normalized spacial score (nSPS) is 6.29. The summed E-state index contributed by atoms with van der Waals surface area (Å²) in [7, 11) is 5.25. The maximum absolute atomic E-state index is 4.50. The maximum atomic E-state index is 4.50. The van der Waals surface area contributed by atoms with E-state index in [0.29, 0.717) is 0 Å². The molecular formula is C19H36N2. The monoisotopic (exact) mass is 292 g/mol. The minimum absolute atomic E-state index is 1.50. The van der Waals surface area contributed by atoms with E-state index in [1.165, 1.54) is 7.05 Å². The van der Waals surface area contributed by atoms with Crippen molar-refractivity contribution in [2.75, 3.05) is 21.1 Å². The van der Waals surface area contributed by atoms with Gasteiger partial charge in [0.1, 0.15) is 0 Å². The van der Waals surface area contributed by atoms with Gasteiger partial charge in [0.15, 0.2) is 0 Å². The number of benzene rings is 2. The fourth-order valence-electron chi connectivity index (χ4n) is 0.770. The van der Waals surface area contributed by atoms with E-state index in [1.54, 1.807) is 0 Å². The van der Waals surface area contributed by atoms with Gasteiger partial charge in [-0.05, 0) is 21.1 Å². The standard InChI is InChI=1S/2C6H6.C2H7N.2C2H6.CH5N/c2*1-2-4-6-5-3-1;1-3-2;3*1-2/h2*1-6H;3H,1-2H3;2*1-2H3;2H2,1H3. The summed E-state index contributed by atoms with van der Waals surface area (Å²) >= 11 is 0. The topological polar surface area (TPSA) is 38.0 Å². The maximum Gasteiger partial charge on any atom is -0.0167 e. The predicted octanol–water partition coefficient (Wildman–Crippen LogP) is 4.84. The lowest BCUT2D eigenvalue weighted by atomic mass is 10.4. The van der Waals surface area contributed by atoms with E-state index >= 15 is 0 Å². The lowest BCUT2D eigenvalue weighted by molar-refractivity contribution is 1.02. The Morgan fingerprint density at radius 3 is 0.524 bits per heavy atom. The minimum atomic E-state index is 1.50. The molecule has 2 nitrogen and oxygen atoms in total. The van der Waals surface area contributed by atoms with Crippen LogP contribution in [0.3, 0.4) is 0 Å². The van der Waals surface area contributed by atoms with Crippen molar-refractivity contribution < 1.29 is 0 Å². The van der Waals surface area contributed by atoms with Gasteiger partial charge in [0, 0.05) is 0 Å². The second-order valence-corrected chi connectivity index (χ2v) is 2.81. The number of hydrogen-bond acceptors (Lipinski definition) is 2. The van der Waals surface area contributed by atoms with Crippen molar-refractivity contribution in [2.45, 2.75) is 27.7 Å². The molecule has 0 amide bonds. The first-order valence-corrected chi connectivity index (χ1v) is 7.58. The summed E-state index contributed by atoms with van der Waals surface area (Å²) in [6, 6.07) is 24.0. The van der Waals surface area contributed by atoms with E-state index in [4.69, 9.17) is 0 Å². The number of rotatable bonds is 0. The SMILES string of the molecule is CC.CC.CN.CNC.c1ccccc1.c1ccccc1. The first-order chi connectivity index (χ1) is 10.4. The van der Waals surface area contributed by atoms with E-state index in [1.807, 2.05) is 115 Å². The van der Waals surface area contributed by atoms with Gasteiger partial charge < -0.3 is 11.1 Å². The van der Waals surface area contributed by atoms with E-state index < -0.39 is 0 Å². The van der Waals surface area contributed by atoms with E-state index in [2.05, 4.69) is 11.1 Å². The molecule has 3 N–H and O–H groups in total. The molecule has 122 valence electrons. The molecular weight excluding hydrogens is 256 g/mol. The molecule has 2 aromatic rings. The molecule has 0 aromatic heterocycles. The van der Waals surface area contributed by atoms with Gasteiger partial charge in [-0.3, -0.25) is 0 Å². The molecule has 2 rings (SSSR count). The fraction of sp³-hybridized carbons (Fsp3) is 0.368. The molecule has 21 heavy (non-hydrogen) atoms. The van der Waals surface area contributed by atoms with E-state index in [9.17, 15) is 0 Å². The van der Waals surface area contributed by atoms with Crippen LogP contribution < -0.4 is 11.1 Å². The largest absolute Gasteiger partial charge is 0.333 e. The molecule has 0 saturated heterocycles. The molecule has 0 fully saturated rings. The number of hydrogen-bond donors (Lipinski definition) is 2. The molecule has 0 aliphatic carbocycles. The van der Waals surface area contributed by atoms with Gasteiger partial charge in [0.2, 0.25) is 0 Å². The minimum Gasteiger partial charge on any atom is -0.333 e. The average molecular weight is 293 g/mol. The summed E-state index contributed by atoms with van der Waals surface area (Å²) in [5.41, 5.74) is 4.50. The fourth-order valence-corrected chi connectivity index (χ4v) is 0.770. The van der Waals surface area contributed by atoms with E-state index in [0.717, 1.165) is 0 Å². The van der Waals surface area contributed by atoms with Crippen LogP contribution in [0.2, 0.25) is 0 Å². The Morgan fingerprint density at radius 1 is 0.429 bits per heavy atom. The molecule has 0 saturated carbocycles. The average Bonchev–Trinajstić information content (AvgIpc) is 2.64. The zero-order chi connectivity index (χ0) is 17.2. The van der Waals surface area contributed by atoms with Crippen LogP contribution in [0.5, 0.6) is 0 Å². The molecule has 0 unspecified atom stereocenters. The van der Waals surface area contributed by atoms with Gasteiger partial charge >= 0.3 is 0 Å². The zero-order valence-corrected chi connectivity index (χ0v) is 15.0. The summed E-state index contributed by atoms with van der Waals surface area (Å²) in [6.07, 6.45) is 0. The van der Waals surface area contributed by atoms with Gasteiger partial charge in [0.25, 0.3) is 0 Å². The first kappa shape index (κ1) is 27.7. The Bertz CT molecular complexity index is 198. The third-order valence-corrected chi connectivity index (χ3v) is 1.33. The Labute approximate surface area is 133 Å². The Kier molecular flexibility index (Phi) is 56.5. The van der Waals surface area contributed by atoms with Crippen molar-refractivity contribution in [2.24, 2.45) is 5.73 Å². The molecule has 0 aliphatic rings. The highest BCUT2D eigenvalue weighted by atomic mass is 14.7. The molecule has 0 radical (unpaired) electrons. The highest BCUT2D eigenvalue weighted by Gasteiger charge is 1.58. The van der Waals surface area contributed by atoms with E-state index in [-0.39, 0.29) is 0 Å². The van der Waals surface area contributed by atoms with Crippen LogP contribution in [0.1, 0.15) is 27.7 Å². The van der Waals surface area contributed by atoms with Gasteiger partial charge in [-0.25, -0.2) is 0 Å². The van der Waals surface area contributed by atoms with Crippen LogP contribution in [0.15, 0.2) is 72.8 Å². The Balaban J connectivity index is -0.0000000909. The molecule has 0 heterocycles. The first-order valence-electron chi connectivity index (χ1n) is 7.58. The summed E-state index contributed by atoms with van der Waals surface area (Å²) in [4.78, 5) is 0. The highest BCUT2D eigenvalue weighted by Crippen LogP contribution is 1.80. The van der Waals surface area contributed by atoms with Gasteiger partial charge in [-0.15, -0.1) is 0 Å². The van der Waals surface area contributed by atoms with Crippen LogP contribution in [0.25, 0.3) is 0 Å². The third kappa shape index (κ3) is 45.8. The van der Waals surface area contributed by atoms with Gasteiger partial charge in [0.05, 0.1) is 0 Å². The number of nitrogens with two attached hydrogens (primary N) is 1. The van der Waals surface area contributed by atoms with Gasteiger partial charge in [-0.2, -0.15) is 0 Å². The molecule has 0 bridgehead atoms.